The van der Waals surface area contributed by atoms with E-state index >= 15 is 0 Å². The van der Waals surface area contributed by atoms with Gasteiger partial charge in [-0.3, -0.25) is 4.79 Å². The third-order valence-corrected chi connectivity index (χ3v) is 5.67. The van der Waals surface area contributed by atoms with Gasteiger partial charge in [0, 0.05) is 37.4 Å². The minimum absolute atomic E-state index is 0.225. The van der Waals surface area contributed by atoms with Gasteiger partial charge in [0.1, 0.15) is 0 Å². The summed E-state index contributed by atoms with van der Waals surface area (Å²) >= 11 is 6.45. The summed E-state index contributed by atoms with van der Waals surface area (Å²) in [7, 11) is 1.99. The van der Waals surface area contributed by atoms with Gasteiger partial charge in [-0.1, -0.05) is 29.8 Å². The number of nitrogens with zero attached hydrogens (tertiary/aromatic N) is 1. The van der Waals surface area contributed by atoms with E-state index in [0.29, 0.717) is 37.1 Å². The van der Waals surface area contributed by atoms with Crippen LogP contribution in [0.15, 0.2) is 24.3 Å². The van der Waals surface area contributed by atoms with E-state index in [1.807, 2.05) is 36.2 Å². The number of rotatable bonds is 3. The molecule has 1 aromatic rings. The van der Waals surface area contributed by atoms with Gasteiger partial charge >= 0.3 is 0 Å². The van der Waals surface area contributed by atoms with E-state index in [4.69, 9.17) is 16.3 Å². The lowest BCUT2D eigenvalue weighted by Crippen LogP contribution is -2.53. The van der Waals surface area contributed by atoms with Crippen LogP contribution in [0, 0.1) is 0 Å². The highest BCUT2D eigenvalue weighted by Crippen LogP contribution is 2.40. The maximum atomic E-state index is 13.4. The van der Waals surface area contributed by atoms with Crippen LogP contribution < -0.4 is 5.32 Å². The van der Waals surface area contributed by atoms with E-state index in [0.717, 1.165) is 31.5 Å². The summed E-state index contributed by atoms with van der Waals surface area (Å²) in [6, 6.07) is 8.30. The number of benzene rings is 1. The normalized spacial score (nSPS) is 22.1. The summed E-state index contributed by atoms with van der Waals surface area (Å²) in [5, 5.41) is 4.00. The highest BCUT2D eigenvalue weighted by molar-refractivity contribution is 6.31. The van der Waals surface area contributed by atoms with Crippen molar-refractivity contribution in [2.24, 2.45) is 0 Å². The van der Waals surface area contributed by atoms with Crippen LogP contribution in [0.3, 0.4) is 0 Å². The first-order chi connectivity index (χ1) is 11.2. The third kappa shape index (κ3) is 3.25. The van der Waals surface area contributed by atoms with E-state index in [2.05, 4.69) is 5.32 Å². The molecule has 126 valence electrons. The second-order valence-corrected chi connectivity index (χ2v) is 6.94. The first-order valence-electron chi connectivity index (χ1n) is 8.47. The first kappa shape index (κ1) is 16.7. The molecule has 2 aliphatic heterocycles. The molecule has 0 saturated carbocycles. The molecular weight excluding hydrogens is 312 g/mol. The Morgan fingerprint density at radius 3 is 2.52 bits per heavy atom. The molecule has 2 heterocycles. The van der Waals surface area contributed by atoms with E-state index in [-0.39, 0.29) is 5.91 Å². The number of ether oxygens (including phenoxy) is 1. The Hall–Kier alpha value is -1.10. The van der Waals surface area contributed by atoms with Gasteiger partial charge in [-0.2, -0.15) is 0 Å². The van der Waals surface area contributed by atoms with Gasteiger partial charge in [0.15, 0.2) is 0 Å². The maximum absolute atomic E-state index is 13.4. The highest BCUT2D eigenvalue weighted by Gasteiger charge is 2.45. The molecule has 5 heteroatoms. The molecule has 2 saturated heterocycles. The van der Waals surface area contributed by atoms with Crippen LogP contribution in [-0.2, 0) is 14.9 Å². The molecule has 3 rings (SSSR count). The molecule has 0 spiro atoms. The number of amides is 1. The van der Waals surface area contributed by atoms with Crippen LogP contribution in [0.1, 0.15) is 31.2 Å². The number of likely N-dealkylation sites (tertiary alicyclic amines) is 1. The summed E-state index contributed by atoms with van der Waals surface area (Å²) < 4.78 is 5.53. The van der Waals surface area contributed by atoms with Crippen LogP contribution in [-0.4, -0.2) is 50.2 Å². The van der Waals surface area contributed by atoms with Gasteiger partial charge in [0.05, 0.1) is 5.41 Å². The number of nitrogens with one attached hydrogen (secondary N) is 1. The Labute approximate surface area is 143 Å². The number of carbonyl (C=O) groups excluding carboxylic acids is 1. The van der Waals surface area contributed by atoms with Crippen molar-refractivity contribution in [1.82, 2.24) is 10.2 Å². The Bertz CT molecular complexity index is 550. The van der Waals surface area contributed by atoms with Gasteiger partial charge in [0.2, 0.25) is 5.91 Å². The summed E-state index contributed by atoms with van der Waals surface area (Å²) in [6.07, 6.45) is 3.44. The van der Waals surface area contributed by atoms with Gasteiger partial charge in [0.25, 0.3) is 0 Å². The van der Waals surface area contributed by atoms with Gasteiger partial charge < -0.3 is 15.0 Å². The minimum atomic E-state index is -0.525. The molecule has 1 amide bonds. The van der Waals surface area contributed by atoms with Crippen molar-refractivity contribution < 1.29 is 9.53 Å². The highest BCUT2D eigenvalue weighted by atomic mass is 35.5. The zero-order valence-corrected chi connectivity index (χ0v) is 14.4. The van der Waals surface area contributed by atoms with Gasteiger partial charge in [-0.25, -0.2) is 0 Å². The fourth-order valence-corrected chi connectivity index (χ4v) is 4.16. The molecule has 2 aliphatic rings. The van der Waals surface area contributed by atoms with E-state index in [1.165, 1.54) is 0 Å². The lowest BCUT2D eigenvalue weighted by molar-refractivity contribution is -0.142. The van der Waals surface area contributed by atoms with Crippen molar-refractivity contribution in [3.05, 3.63) is 34.9 Å². The summed E-state index contributed by atoms with van der Waals surface area (Å²) in [4.78, 5) is 15.4. The largest absolute Gasteiger partial charge is 0.381 e. The topological polar surface area (TPSA) is 41.6 Å². The smallest absolute Gasteiger partial charge is 0.233 e. The van der Waals surface area contributed by atoms with Gasteiger partial charge in [-0.05, 0) is 44.4 Å². The van der Waals surface area contributed by atoms with Crippen LogP contribution in [0.2, 0.25) is 5.02 Å². The number of halogens is 1. The van der Waals surface area contributed by atoms with Crippen LogP contribution >= 0.6 is 11.6 Å². The molecule has 0 bridgehead atoms. The quantitative estimate of drug-likeness (QED) is 0.922. The molecule has 23 heavy (non-hydrogen) atoms. The predicted octanol–water partition coefficient (Wildman–Crippen LogP) is 2.60. The summed E-state index contributed by atoms with van der Waals surface area (Å²) in [5.74, 6) is 0.225. The number of hydrogen-bond donors (Lipinski definition) is 1. The Balaban J connectivity index is 1.87. The lowest BCUT2D eigenvalue weighted by atomic mass is 9.72. The zero-order valence-electron chi connectivity index (χ0n) is 13.7. The number of carbonyl (C=O) groups is 1. The maximum Gasteiger partial charge on any atom is 0.233 e. The van der Waals surface area contributed by atoms with Crippen molar-refractivity contribution >= 4 is 17.5 Å². The average Bonchev–Trinajstić information content (AvgIpc) is 2.62. The molecule has 4 nitrogen and oxygen atoms in total. The Kier molecular flexibility index (Phi) is 5.24. The van der Waals surface area contributed by atoms with Crippen LogP contribution in [0.5, 0.6) is 0 Å². The van der Waals surface area contributed by atoms with Crippen molar-refractivity contribution in [2.75, 3.05) is 33.4 Å². The fourth-order valence-electron chi connectivity index (χ4n) is 3.84. The fraction of sp³-hybridized carbons (Fsp3) is 0.611. The lowest BCUT2D eigenvalue weighted by Gasteiger charge is -2.42. The molecule has 1 N–H and O–H groups in total. The predicted molar refractivity (Wildman–Crippen MR) is 91.8 cm³/mol. The van der Waals surface area contributed by atoms with E-state index in [1.54, 1.807) is 0 Å². The van der Waals surface area contributed by atoms with E-state index in [9.17, 15) is 4.79 Å². The SMILES string of the molecule is CNC1CCN(C(=O)C2(c3ccccc3Cl)CCOCC2)CC1. The second-order valence-electron chi connectivity index (χ2n) is 6.53. The Morgan fingerprint density at radius 1 is 1.26 bits per heavy atom. The van der Waals surface area contributed by atoms with Crippen LogP contribution in [0.4, 0.5) is 0 Å². The van der Waals surface area contributed by atoms with Crippen molar-refractivity contribution in [3.8, 4) is 0 Å². The molecule has 1 aromatic carbocycles. The summed E-state index contributed by atoms with van der Waals surface area (Å²) in [6.45, 7) is 2.86. The monoisotopic (exact) mass is 336 g/mol. The van der Waals surface area contributed by atoms with E-state index < -0.39 is 5.41 Å². The van der Waals surface area contributed by atoms with Gasteiger partial charge in [-0.15, -0.1) is 0 Å². The van der Waals surface area contributed by atoms with Crippen LogP contribution in [0.25, 0.3) is 0 Å². The first-order valence-corrected chi connectivity index (χ1v) is 8.84. The number of piperidine rings is 1. The average molecular weight is 337 g/mol. The zero-order chi connectivity index (χ0) is 16.3. The molecule has 0 aliphatic carbocycles. The molecule has 0 aromatic heterocycles. The van der Waals surface area contributed by atoms with Crippen molar-refractivity contribution in [2.45, 2.75) is 37.1 Å². The molecule has 0 radical (unpaired) electrons. The standard InChI is InChI=1S/C18H25ClN2O2/c1-20-14-6-10-21(11-7-14)17(22)18(8-12-23-13-9-18)15-4-2-3-5-16(15)19/h2-5,14,20H,6-13H2,1H3. The summed E-state index contributed by atoms with van der Waals surface area (Å²) in [5.41, 5.74) is 0.439. The molecule has 2 fully saturated rings. The molecular formula is C18H25ClN2O2. The Morgan fingerprint density at radius 2 is 1.91 bits per heavy atom. The van der Waals surface area contributed by atoms with Crippen molar-refractivity contribution in [1.29, 1.82) is 0 Å². The third-order valence-electron chi connectivity index (χ3n) is 5.34. The van der Waals surface area contributed by atoms with Crippen molar-refractivity contribution in [3.63, 3.8) is 0 Å². The number of hydrogen-bond acceptors (Lipinski definition) is 3. The molecule has 0 unspecified atom stereocenters. The molecule has 0 atom stereocenters. The second kappa shape index (κ2) is 7.20. The minimum Gasteiger partial charge on any atom is -0.381 e.